The summed E-state index contributed by atoms with van der Waals surface area (Å²) >= 11 is 0. The highest BCUT2D eigenvalue weighted by molar-refractivity contribution is 5.85. The third-order valence-electron chi connectivity index (χ3n) is 4.75. The summed E-state index contributed by atoms with van der Waals surface area (Å²) in [5, 5.41) is 3.89. The predicted octanol–water partition coefficient (Wildman–Crippen LogP) is 1.77. The van der Waals surface area contributed by atoms with Crippen LogP contribution in [0.25, 0.3) is 10.9 Å². The highest BCUT2D eigenvalue weighted by atomic mass is 16.5. The summed E-state index contributed by atoms with van der Waals surface area (Å²) in [5.74, 6) is -0.907. The summed E-state index contributed by atoms with van der Waals surface area (Å²) < 4.78 is 5.00. The third-order valence-corrected chi connectivity index (χ3v) is 4.75. The van der Waals surface area contributed by atoms with Gasteiger partial charge in [0.15, 0.2) is 6.61 Å². The van der Waals surface area contributed by atoms with Gasteiger partial charge in [0.2, 0.25) is 5.91 Å². The molecule has 7 nitrogen and oxygen atoms in total. The zero-order valence-corrected chi connectivity index (χ0v) is 15.3. The molecule has 2 heterocycles. The van der Waals surface area contributed by atoms with Gasteiger partial charge in [-0.1, -0.05) is 24.6 Å². The number of carbonyl (C=O) groups is 3. The third kappa shape index (κ3) is 5.32. The number of likely N-dealkylation sites (tertiary alicyclic amines) is 1. The smallest absolute Gasteiger partial charge is 0.326 e. The second kappa shape index (κ2) is 9.21. The molecule has 0 atom stereocenters. The Morgan fingerprint density at radius 3 is 2.93 bits per heavy atom. The topological polar surface area (TPSA) is 91.5 Å². The van der Waals surface area contributed by atoms with Gasteiger partial charge in [0, 0.05) is 36.6 Å². The average molecular weight is 371 g/mol. The number of fused-ring (bicyclic) bond motifs is 1. The summed E-state index contributed by atoms with van der Waals surface area (Å²) in [6, 6.07) is 7.99. The van der Waals surface area contributed by atoms with Crippen LogP contribution < -0.4 is 5.32 Å². The van der Waals surface area contributed by atoms with Crippen molar-refractivity contribution >= 4 is 28.7 Å². The van der Waals surface area contributed by atoms with Crippen LogP contribution in [0.3, 0.4) is 0 Å². The Labute approximate surface area is 158 Å². The molecule has 1 aromatic heterocycles. The highest BCUT2D eigenvalue weighted by Crippen LogP contribution is 2.17. The molecule has 0 saturated carbocycles. The minimum atomic E-state index is -0.544. The maximum absolute atomic E-state index is 11.9. The van der Waals surface area contributed by atoms with E-state index in [0.717, 1.165) is 35.7 Å². The molecule has 2 amide bonds. The molecule has 1 saturated heterocycles. The summed E-state index contributed by atoms with van der Waals surface area (Å²) in [6.07, 6.45) is 5.86. The largest absolute Gasteiger partial charge is 0.454 e. The number of aromatic amines is 1. The number of hydrogen-bond acceptors (Lipinski definition) is 4. The van der Waals surface area contributed by atoms with Gasteiger partial charge in [-0.05, 0) is 30.9 Å². The fourth-order valence-corrected chi connectivity index (χ4v) is 3.28. The van der Waals surface area contributed by atoms with Crippen molar-refractivity contribution in [1.29, 1.82) is 0 Å². The standard InChI is InChI=1S/C20H25N3O4/c24-18(14-27-20(26)13-23-11-5-1-2-8-19(23)25)21-10-9-15-12-22-17-7-4-3-6-16(15)17/h3-4,6-7,12,22H,1-2,5,8-11,13-14H2,(H,21,24). The van der Waals surface area contributed by atoms with E-state index in [9.17, 15) is 14.4 Å². The monoisotopic (exact) mass is 371 g/mol. The Bertz CT molecular complexity index is 814. The molecular weight excluding hydrogens is 346 g/mol. The van der Waals surface area contributed by atoms with E-state index >= 15 is 0 Å². The zero-order chi connectivity index (χ0) is 19.1. The molecule has 3 rings (SSSR count). The highest BCUT2D eigenvalue weighted by Gasteiger charge is 2.20. The molecule has 27 heavy (non-hydrogen) atoms. The molecule has 7 heteroatoms. The lowest BCUT2D eigenvalue weighted by Crippen LogP contribution is -2.37. The number of para-hydroxylation sites is 1. The van der Waals surface area contributed by atoms with Crippen LogP contribution in [0.1, 0.15) is 31.2 Å². The van der Waals surface area contributed by atoms with Gasteiger partial charge in [0.05, 0.1) is 0 Å². The molecule has 0 radical (unpaired) electrons. The number of amides is 2. The molecule has 1 aliphatic rings. The number of nitrogens with one attached hydrogen (secondary N) is 2. The maximum Gasteiger partial charge on any atom is 0.326 e. The molecule has 1 aliphatic heterocycles. The Balaban J connectivity index is 1.36. The molecule has 0 spiro atoms. The van der Waals surface area contributed by atoms with E-state index in [4.69, 9.17) is 4.74 Å². The van der Waals surface area contributed by atoms with Crippen molar-refractivity contribution < 1.29 is 19.1 Å². The van der Waals surface area contributed by atoms with Gasteiger partial charge in [0.1, 0.15) is 6.54 Å². The van der Waals surface area contributed by atoms with Crippen molar-refractivity contribution in [1.82, 2.24) is 15.2 Å². The van der Waals surface area contributed by atoms with Crippen LogP contribution in [0.4, 0.5) is 0 Å². The first kappa shape index (κ1) is 18.9. The van der Waals surface area contributed by atoms with E-state index in [1.807, 2.05) is 30.5 Å². The maximum atomic E-state index is 11.9. The van der Waals surface area contributed by atoms with E-state index in [1.165, 1.54) is 4.90 Å². The average Bonchev–Trinajstić information content (AvgIpc) is 2.97. The Hall–Kier alpha value is -2.83. The van der Waals surface area contributed by atoms with Crippen molar-refractivity contribution in [3.63, 3.8) is 0 Å². The number of esters is 1. The van der Waals surface area contributed by atoms with Gasteiger partial charge in [0.25, 0.3) is 5.91 Å². The van der Waals surface area contributed by atoms with Gasteiger partial charge in [-0.15, -0.1) is 0 Å². The van der Waals surface area contributed by atoms with Crippen LogP contribution in [0, 0.1) is 0 Å². The first-order chi connectivity index (χ1) is 13.1. The number of rotatable bonds is 7. The van der Waals surface area contributed by atoms with E-state index in [2.05, 4.69) is 10.3 Å². The normalized spacial score (nSPS) is 14.8. The number of aromatic nitrogens is 1. The fraction of sp³-hybridized carbons (Fsp3) is 0.450. The van der Waals surface area contributed by atoms with Crippen LogP contribution in [0.15, 0.2) is 30.5 Å². The molecule has 144 valence electrons. The van der Waals surface area contributed by atoms with E-state index in [-0.39, 0.29) is 25.0 Å². The van der Waals surface area contributed by atoms with Gasteiger partial charge in [-0.3, -0.25) is 14.4 Å². The Morgan fingerprint density at radius 1 is 1.19 bits per heavy atom. The second-order valence-electron chi connectivity index (χ2n) is 6.75. The second-order valence-corrected chi connectivity index (χ2v) is 6.75. The molecule has 2 aromatic rings. The van der Waals surface area contributed by atoms with Gasteiger partial charge >= 0.3 is 5.97 Å². The summed E-state index contributed by atoms with van der Waals surface area (Å²) in [5.41, 5.74) is 2.19. The number of hydrogen-bond donors (Lipinski definition) is 2. The lowest BCUT2D eigenvalue weighted by molar-refractivity contribution is -0.152. The van der Waals surface area contributed by atoms with E-state index < -0.39 is 5.97 Å². The minimum Gasteiger partial charge on any atom is -0.454 e. The summed E-state index contributed by atoms with van der Waals surface area (Å²) in [7, 11) is 0. The number of ether oxygens (including phenoxy) is 1. The van der Waals surface area contributed by atoms with E-state index in [1.54, 1.807) is 0 Å². The molecule has 0 aliphatic carbocycles. The van der Waals surface area contributed by atoms with Crippen molar-refractivity contribution in [3.05, 3.63) is 36.0 Å². The lowest BCUT2D eigenvalue weighted by Gasteiger charge is -2.19. The summed E-state index contributed by atoms with van der Waals surface area (Å²) in [4.78, 5) is 40.3. The quantitative estimate of drug-likeness (QED) is 0.726. The van der Waals surface area contributed by atoms with Crippen LogP contribution in [-0.4, -0.2) is 53.9 Å². The Kier molecular flexibility index (Phi) is 6.46. The summed E-state index contributed by atoms with van der Waals surface area (Å²) in [6.45, 7) is 0.629. The minimum absolute atomic E-state index is 0.0207. The molecule has 0 bridgehead atoms. The molecular formula is C20H25N3O4. The number of carbonyl (C=O) groups excluding carboxylic acids is 3. The fourth-order valence-electron chi connectivity index (χ4n) is 3.28. The van der Waals surface area contributed by atoms with Crippen LogP contribution in [0.5, 0.6) is 0 Å². The van der Waals surface area contributed by atoms with Gasteiger partial charge in [-0.25, -0.2) is 0 Å². The predicted molar refractivity (Wildman–Crippen MR) is 101 cm³/mol. The number of H-pyrrole nitrogens is 1. The molecule has 2 N–H and O–H groups in total. The van der Waals surface area contributed by atoms with Gasteiger partial charge in [-0.2, -0.15) is 0 Å². The Morgan fingerprint density at radius 2 is 2.04 bits per heavy atom. The van der Waals surface area contributed by atoms with Crippen molar-refractivity contribution in [2.45, 2.75) is 32.1 Å². The van der Waals surface area contributed by atoms with Crippen molar-refractivity contribution in [2.24, 2.45) is 0 Å². The molecule has 0 unspecified atom stereocenters. The van der Waals surface area contributed by atoms with Crippen LogP contribution in [-0.2, 0) is 25.5 Å². The van der Waals surface area contributed by atoms with Crippen LogP contribution >= 0.6 is 0 Å². The van der Waals surface area contributed by atoms with Gasteiger partial charge < -0.3 is 19.9 Å². The SMILES string of the molecule is O=C(COC(=O)CN1CCCCCC1=O)NCCc1c[nH]c2ccccc12. The lowest BCUT2D eigenvalue weighted by atomic mass is 10.1. The van der Waals surface area contributed by atoms with Crippen molar-refractivity contribution in [3.8, 4) is 0 Å². The van der Waals surface area contributed by atoms with E-state index in [0.29, 0.717) is 25.9 Å². The van der Waals surface area contributed by atoms with Crippen LogP contribution in [0.2, 0.25) is 0 Å². The zero-order valence-electron chi connectivity index (χ0n) is 15.3. The first-order valence-electron chi connectivity index (χ1n) is 9.38. The first-order valence-corrected chi connectivity index (χ1v) is 9.38. The number of benzene rings is 1. The number of nitrogens with zero attached hydrogens (tertiary/aromatic N) is 1. The van der Waals surface area contributed by atoms with Crippen molar-refractivity contribution in [2.75, 3.05) is 26.2 Å². The molecule has 1 fully saturated rings. The molecule has 1 aromatic carbocycles.